The Labute approximate surface area is 54.7 Å². The maximum Gasteiger partial charge on any atom is 0.121 e. The zero-order valence-electron chi connectivity index (χ0n) is 5.18. The van der Waals surface area contributed by atoms with Gasteiger partial charge in [0.25, 0.3) is 0 Å². The average molecular weight is 116 g/mol. The summed E-state index contributed by atoms with van der Waals surface area (Å²) >= 11 is 0. The van der Waals surface area contributed by atoms with Crippen molar-refractivity contribution < 1.29 is 0 Å². The van der Waals surface area contributed by atoms with Crippen LogP contribution in [0.4, 0.5) is 0 Å². The fourth-order valence-electron chi connectivity index (χ4n) is 0.512. The number of aromatic nitrogens is 1. The highest BCUT2D eigenvalue weighted by Gasteiger charge is 1.80. The summed E-state index contributed by atoms with van der Waals surface area (Å²) in [5.74, 6) is 5.53. The highest BCUT2D eigenvalue weighted by Crippen LogP contribution is 1.86. The molecule has 0 aliphatic rings. The van der Waals surface area contributed by atoms with Crippen molar-refractivity contribution in [1.29, 1.82) is 0 Å². The van der Waals surface area contributed by atoms with Crippen molar-refractivity contribution in [2.45, 2.75) is 6.92 Å². The first-order valence-corrected chi connectivity index (χ1v) is 2.69. The third-order valence-electron chi connectivity index (χ3n) is 0.849. The molecule has 0 atom stereocenters. The van der Waals surface area contributed by atoms with Crippen LogP contribution in [0.25, 0.3) is 0 Å². The van der Waals surface area contributed by atoms with Crippen LogP contribution in [-0.2, 0) is 0 Å². The summed E-state index contributed by atoms with van der Waals surface area (Å²) in [5, 5.41) is 0. The molecule has 0 amide bonds. The van der Waals surface area contributed by atoms with Gasteiger partial charge in [0.15, 0.2) is 0 Å². The first kappa shape index (κ1) is 5.84. The van der Waals surface area contributed by atoms with Crippen LogP contribution in [0, 0.1) is 17.9 Å². The Balaban J connectivity index is 2.94. The zero-order chi connectivity index (χ0) is 6.53. The fourth-order valence-corrected chi connectivity index (χ4v) is 0.512. The van der Waals surface area contributed by atoms with E-state index in [0.717, 1.165) is 0 Å². The lowest BCUT2D eigenvalue weighted by atomic mass is 10.3. The van der Waals surface area contributed by atoms with E-state index in [1.165, 1.54) is 0 Å². The van der Waals surface area contributed by atoms with Gasteiger partial charge in [-0.1, -0.05) is 5.92 Å². The summed E-state index contributed by atoms with van der Waals surface area (Å²) in [4.78, 5) is 3.94. The second kappa shape index (κ2) is 2.88. The van der Waals surface area contributed by atoms with Crippen molar-refractivity contribution in [1.82, 2.24) is 4.98 Å². The van der Waals surface area contributed by atoms with Crippen LogP contribution < -0.4 is 0 Å². The van der Waals surface area contributed by atoms with Crippen molar-refractivity contribution in [2.75, 3.05) is 0 Å². The second-order valence-electron chi connectivity index (χ2n) is 1.51. The highest BCUT2D eigenvalue weighted by atomic mass is 14.6. The topological polar surface area (TPSA) is 12.9 Å². The minimum Gasteiger partial charge on any atom is -0.247 e. The molecule has 9 heavy (non-hydrogen) atoms. The van der Waals surface area contributed by atoms with Gasteiger partial charge in [-0.3, -0.25) is 0 Å². The SMILES string of the molecule is CC#Cc1[c]cccn1. The maximum absolute atomic E-state index is 3.94. The van der Waals surface area contributed by atoms with E-state index in [1.54, 1.807) is 19.2 Å². The van der Waals surface area contributed by atoms with Gasteiger partial charge in [-0.05, 0) is 25.0 Å². The van der Waals surface area contributed by atoms with Gasteiger partial charge in [0.1, 0.15) is 5.69 Å². The van der Waals surface area contributed by atoms with E-state index < -0.39 is 0 Å². The molecule has 0 aliphatic carbocycles. The van der Waals surface area contributed by atoms with E-state index >= 15 is 0 Å². The van der Waals surface area contributed by atoms with Crippen LogP contribution in [0.1, 0.15) is 12.6 Å². The average Bonchev–Trinajstić information content (AvgIpc) is 1.91. The first-order chi connectivity index (χ1) is 4.43. The van der Waals surface area contributed by atoms with E-state index in [0.29, 0.717) is 5.69 Å². The van der Waals surface area contributed by atoms with Crippen molar-refractivity contribution >= 4 is 0 Å². The van der Waals surface area contributed by atoms with Crippen molar-refractivity contribution in [3.05, 3.63) is 30.1 Å². The molecule has 0 N–H and O–H groups in total. The highest BCUT2D eigenvalue weighted by molar-refractivity contribution is 5.24. The van der Waals surface area contributed by atoms with E-state index in [1.807, 2.05) is 6.07 Å². The van der Waals surface area contributed by atoms with Crippen LogP contribution >= 0.6 is 0 Å². The van der Waals surface area contributed by atoms with Gasteiger partial charge in [0.2, 0.25) is 0 Å². The number of hydrogen-bond acceptors (Lipinski definition) is 1. The molecule has 0 fully saturated rings. The van der Waals surface area contributed by atoms with Gasteiger partial charge < -0.3 is 0 Å². The Bertz CT molecular complexity index is 228. The Morgan fingerprint density at radius 1 is 1.67 bits per heavy atom. The smallest absolute Gasteiger partial charge is 0.121 e. The third kappa shape index (κ3) is 1.58. The minimum atomic E-state index is 0.708. The number of hydrogen-bond donors (Lipinski definition) is 0. The first-order valence-electron chi connectivity index (χ1n) is 2.69. The number of nitrogens with zero attached hydrogens (tertiary/aromatic N) is 1. The van der Waals surface area contributed by atoms with Crippen LogP contribution in [0.3, 0.4) is 0 Å². The lowest BCUT2D eigenvalue weighted by molar-refractivity contribution is 1.28. The van der Waals surface area contributed by atoms with E-state index in [9.17, 15) is 0 Å². The summed E-state index contributed by atoms with van der Waals surface area (Å²) in [6.07, 6.45) is 1.70. The van der Waals surface area contributed by atoms with Crippen LogP contribution in [-0.4, -0.2) is 4.98 Å². The van der Waals surface area contributed by atoms with E-state index in [2.05, 4.69) is 22.9 Å². The molecule has 0 unspecified atom stereocenters. The molecule has 1 radical (unpaired) electrons. The van der Waals surface area contributed by atoms with Crippen molar-refractivity contribution in [2.24, 2.45) is 0 Å². The molecular formula is C8H6N. The monoisotopic (exact) mass is 116 g/mol. The van der Waals surface area contributed by atoms with Gasteiger partial charge in [-0.25, -0.2) is 4.98 Å². The van der Waals surface area contributed by atoms with Gasteiger partial charge in [-0.2, -0.15) is 0 Å². The van der Waals surface area contributed by atoms with Crippen LogP contribution in [0.15, 0.2) is 18.3 Å². The predicted molar refractivity (Wildman–Crippen MR) is 35.6 cm³/mol. The summed E-state index contributed by atoms with van der Waals surface area (Å²) < 4.78 is 0. The summed E-state index contributed by atoms with van der Waals surface area (Å²) in [6, 6.07) is 6.50. The van der Waals surface area contributed by atoms with Gasteiger partial charge >= 0.3 is 0 Å². The molecule has 1 heteroatoms. The molecule has 0 bridgehead atoms. The fraction of sp³-hybridized carbons (Fsp3) is 0.125. The van der Waals surface area contributed by atoms with Crippen LogP contribution in [0.2, 0.25) is 0 Å². The summed E-state index contributed by atoms with van der Waals surface area (Å²) in [5.41, 5.74) is 0.708. The number of pyridine rings is 1. The molecule has 0 aliphatic heterocycles. The van der Waals surface area contributed by atoms with Gasteiger partial charge in [0.05, 0.1) is 0 Å². The molecule has 0 spiro atoms. The van der Waals surface area contributed by atoms with E-state index in [4.69, 9.17) is 0 Å². The Morgan fingerprint density at radius 3 is 3.11 bits per heavy atom. The largest absolute Gasteiger partial charge is 0.247 e. The molecule has 43 valence electrons. The Kier molecular flexibility index (Phi) is 1.87. The zero-order valence-corrected chi connectivity index (χ0v) is 5.18. The molecule has 0 aromatic carbocycles. The Hall–Kier alpha value is -1.29. The molecule has 1 rings (SSSR count). The normalized spacial score (nSPS) is 7.67. The van der Waals surface area contributed by atoms with Gasteiger partial charge in [0, 0.05) is 12.3 Å². The van der Waals surface area contributed by atoms with Crippen molar-refractivity contribution in [3.63, 3.8) is 0 Å². The maximum atomic E-state index is 3.94. The lowest BCUT2D eigenvalue weighted by Crippen LogP contribution is -1.77. The number of rotatable bonds is 0. The molecule has 0 saturated carbocycles. The summed E-state index contributed by atoms with van der Waals surface area (Å²) in [7, 11) is 0. The molecule has 0 saturated heterocycles. The Morgan fingerprint density at radius 2 is 2.56 bits per heavy atom. The molecule has 1 aromatic rings. The predicted octanol–water partition coefficient (Wildman–Crippen LogP) is 1.25. The molecular weight excluding hydrogens is 110 g/mol. The standard InChI is InChI=1S/C8H6N/c1-2-5-8-6-3-4-7-9-8/h3-4,7H,1H3. The quantitative estimate of drug-likeness (QED) is 0.465. The van der Waals surface area contributed by atoms with E-state index in [-0.39, 0.29) is 0 Å². The van der Waals surface area contributed by atoms with Crippen LogP contribution in [0.5, 0.6) is 0 Å². The van der Waals surface area contributed by atoms with Gasteiger partial charge in [-0.15, -0.1) is 0 Å². The third-order valence-corrected chi connectivity index (χ3v) is 0.849. The molecule has 1 heterocycles. The lowest BCUT2D eigenvalue weighted by Gasteiger charge is -1.81. The second-order valence-corrected chi connectivity index (χ2v) is 1.51. The van der Waals surface area contributed by atoms with Crippen molar-refractivity contribution in [3.8, 4) is 11.8 Å². The summed E-state index contributed by atoms with van der Waals surface area (Å²) in [6.45, 7) is 1.78. The molecule has 1 nitrogen and oxygen atoms in total. The molecule has 1 aromatic heterocycles. The minimum absolute atomic E-state index is 0.708.